The standard InChI is InChI=1S/C51H71N9O17S/c1-25(50(74)75)15-41(67)53-12-14-77-13-10-40(66)52-11-6-7-31(63)16-29-8-9-35-33(17-29)34-18-30-19-39(65)26(2)54-46(71)38-20-32(64)22-60(38)49(73)37(23-78-48(34)58-35)57-47(72)42(28(4)62)59-43(68)27(3)55-45(70)36(56-44(30)69)21-51(5,76)24-61/h8-9,15,17,26-28,30,32,36-38,42,58,61-62,64,76H,6-7,10-14,16,18-24H2,1-5H3,(H,52,66)(H,53,67)(H,54,71)(H,55,70)(H,56,69)(H,57,72)(H,59,68)(H,74,75)/b25-15-/t26-,27-,28?,30+,32+,36-,37+,38-,42+,51+/m0/s1. The number of hydrogen-bond acceptors (Lipinski definition) is 17. The first-order valence-corrected chi connectivity index (χ1v) is 26.6. The molecule has 428 valence electrons. The van der Waals surface area contributed by atoms with Crippen molar-refractivity contribution in [1.82, 2.24) is 47.1 Å². The highest BCUT2D eigenvalue weighted by Gasteiger charge is 2.44. The van der Waals surface area contributed by atoms with Crippen molar-refractivity contribution in [1.29, 1.82) is 0 Å². The van der Waals surface area contributed by atoms with Crippen molar-refractivity contribution >= 4 is 87.5 Å². The van der Waals surface area contributed by atoms with Gasteiger partial charge < -0.3 is 77.4 Å². The molecule has 0 spiro atoms. The molecule has 26 nitrogen and oxygen atoms in total. The smallest absolute Gasteiger partial charge is 0.331 e. The molecule has 0 radical (unpaired) electrons. The monoisotopic (exact) mass is 1110 g/mol. The maximum absolute atomic E-state index is 14.7. The fourth-order valence-electron chi connectivity index (χ4n) is 8.94. The van der Waals surface area contributed by atoms with E-state index in [1.807, 2.05) is 0 Å². The summed E-state index contributed by atoms with van der Waals surface area (Å²) in [7, 11) is 0. The van der Waals surface area contributed by atoms with Crippen molar-refractivity contribution in [2.45, 2.75) is 145 Å². The molecule has 2 aromatic rings. The van der Waals surface area contributed by atoms with Gasteiger partial charge in [-0.3, -0.25) is 47.9 Å². The van der Waals surface area contributed by atoms with Crippen molar-refractivity contribution in [2.75, 3.05) is 45.2 Å². The highest BCUT2D eigenvalue weighted by Crippen LogP contribution is 2.35. The van der Waals surface area contributed by atoms with E-state index < -0.39 is 133 Å². The van der Waals surface area contributed by atoms with Gasteiger partial charge in [0.05, 0.1) is 48.7 Å². The Kier molecular flexibility index (Phi) is 22.4. The highest BCUT2D eigenvalue weighted by atomic mass is 32.2. The number of H-pyrrole nitrogens is 1. The molecular weight excluding hydrogens is 1040 g/mol. The van der Waals surface area contributed by atoms with Crippen LogP contribution >= 0.6 is 11.8 Å². The molecule has 1 fully saturated rings. The van der Waals surface area contributed by atoms with Gasteiger partial charge in [-0.25, -0.2) is 4.79 Å². The number of fused-ring (bicyclic) bond motifs is 5. The lowest BCUT2D eigenvalue weighted by molar-refractivity contribution is -0.142. The lowest BCUT2D eigenvalue weighted by atomic mass is 9.89. The highest BCUT2D eigenvalue weighted by molar-refractivity contribution is 7.99. The van der Waals surface area contributed by atoms with Crippen LogP contribution in [0.5, 0.6) is 0 Å². The summed E-state index contributed by atoms with van der Waals surface area (Å²) in [5.74, 6) is -10.1. The molecule has 10 atom stereocenters. The zero-order chi connectivity index (χ0) is 57.6. The quantitative estimate of drug-likeness (QED) is 0.0520. The maximum Gasteiger partial charge on any atom is 0.331 e. The van der Waals surface area contributed by atoms with Gasteiger partial charge in [0.25, 0.3) is 0 Å². The number of ketones is 2. The number of thioether (sulfide) groups is 1. The van der Waals surface area contributed by atoms with Gasteiger partial charge in [-0.1, -0.05) is 6.07 Å². The second kappa shape index (κ2) is 28.2. The Morgan fingerprint density at radius 2 is 1.62 bits per heavy atom. The largest absolute Gasteiger partial charge is 0.478 e. The molecule has 0 saturated carbocycles. The number of aliphatic hydroxyl groups excluding tert-OH is 3. The third kappa shape index (κ3) is 17.6. The zero-order valence-electron chi connectivity index (χ0n) is 44.1. The van der Waals surface area contributed by atoms with E-state index in [2.05, 4.69) is 42.2 Å². The van der Waals surface area contributed by atoms with Crippen LogP contribution in [-0.4, -0.2) is 199 Å². The number of rotatable bonds is 18. The lowest BCUT2D eigenvalue weighted by Crippen LogP contribution is -2.61. The molecule has 3 aliphatic rings. The van der Waals surface area contributed by atoms with Gasteiger partial charge in [-0.2, -0.15) is 0 Å². The fourth-order valence-corrected chi connectivity index (χ4v) is 10.0. The van der Waals surface area contributed by atoms with E-state index in [-0.39, 0.29) is 88.0 Å². The number of Topliss-reactive ketones (excluding diaryl/α,β-unsaturated/α-hetero) is 2. The van der Waals surface area contributed by atoms with Crippen LogP contribution < -0.4 is 37.2 Å². The second-order valence-electron chi connectivity index (χ2n) is 20.2. The minimum atomic E-state index is -1.97. The Morgan fingerprint density at radius 1 is 0.897 bits per heavy atom. The minimum absolute atomic E-state index is 0.00419. The van der Waals surface area contributed by atoms with Gasteiger partial charge in [-0.05, 0) is 70.7 Å². The van der Waals surface area contributed by atoms with Crippen LogP contribution in [-0.2, 0) is 70.3 Å². The fraction of sp³-hybridized carbons (Fsp3) is 0.588. The van der Waals surface area contributed by atoms with Crippen molar-refractivity contribution in [2.24, 2.45) is 5.92 Å². The summed E-state index contributed by atoms with van der Waals surface area (Å²) in [6.45, 7) is 5.54. The first-order valence-electron chi connectivity index (χ1n) is 25.6. The van der Waals surface area contributed by atoms with Gasteiger partial charge in [-0.15, -0.1) is 11.8 Å². The van der Waals surface area contributed by atoms with Crippen LogP contribution in [0.4, 0.5) is 0 Å². The SMILES string of the molecule is C/C(=C/C(=O)NCCOCCC(=O)NCCCC(=O)Cc1ccc2[nH]c3c(c2c1)C[C@@H]1CC(=O)[C@H](C)NC(=O)[C@@H]2C[C@@H](O)CN2C(=O)[C@@H](CS3)NC(=O)[C@@H](C(C)O)NC(=O)[C@H](C)NC(=O)[C@H](C[C@@](C)(O)CO)NC1=O)C(=O)O. The maximum atomic E-state index is 14.7. The van der Waals surface area contributed by atoms with E-state index in [9.17, 15) is 73.2 Å². The van der Waals surface area contributed by atoms with E-state index in [1.165, 1.54) is 34.6 Å². The number of nitrogens with one attached hydrogen (secondary N) is 8. The third-order valence-electron chi connectivity index (χ3n) is 13.4. The number of benzene rings is 1. The summed E-state index contributed by atoms with van der Waals surface area (Å²) in [5.41, 5.74) is -0.631. The number of aliphatic carboxylic acids is 1. The Balaban J connectivity index is 1.45. The van der Waals surface area contributed by atoms with E-state index in [0.29, 0.717) is 33.5 Å². The van der Waals surface area contributed by atoms with Crippen molar-refractivity contribution < 1.29 is 83.0 Å². The summed E-state index contributed by atoms with van der Waals surface area (Å²) >= 11 is 1.02. The molecule has 3 aliphatic heterocycles. The van der Waals surface area contributed by atoms with Crippen LogP contribution in [0.3, 0.4) is 0 Å². The Bertz CT molecular complexity index is 2640. The molecule has 1 unspecified atom stereocenters. The van der Waals surface area contributed by atoms with Crippen molar-refractivity contribution in [3.05, 3.63) is 41.0 Å². The number of carbonyl (C=O) groups excluding carboxylic acids is 10. The Morgan fingerprint density at radius 3 is 2.31 bits per heavy atom. The van der Waals surface area contributed by atoms with Crippen LogP contribution in [0, 0.1) is 5.92 Å². The van der Waals surface area contributed by atoms with E-state index in [4.69, 9.17) is 9.84 Å². The minimum Gasteiger partial charge on any atom is -0.478 e. The third-order valence-corrected chi connectivity index (χ3v) is 14.5. The molecule has 4 heterocycles. The number of nitrogens with zero attached hydrogens (tertiary/aromatic N) is 1. The Labute approximate surface area is 453 Å². The number of aliphatic hydroxyl groups is 4. The first kappa shape index (κ1) is 62.1. The predicted octanol–water partition coefficient (Wildman–Crippen LogP) is -3.09. The summed E-state index contributed by atoms with van der Waals surface area (Å²) in [6, 6.07) is -3.77. The van der Waals surface area contributed by atoms with Crippen LogP contribution in [0.1, 0.15) is 84.3 Å². The molecule has 0 aliphatic carbocycles. The number of ether oxygens (including phenoxy) is 1. The molecule has 1 aromatic carbocycles. The first-order chi connectivity index (χ1) is 36.8. The number of aromatic nitrogens is 1. The van der Waals surface area contributed by atoms with Gasteiger partial charge in [0.2, 0.25) is 47.3 Å². The molecule has 1 saturated heterocycles. The molecule has 13 N–H and O–H groups in total. The zero-order valence-corrected chi connectivity index (χ0v) is 44.9. The van der Waals surface area contributed by atoms with Crippen molar-refractivity contribution in [3.8, 4) is 0 Å². The Hall–Kier alpha value is -6.78. The number of carbonyl (C=O) groups is 11. The predicted molar refractivity (Wildman–Crippen MR) is 278 cm³/mol. The summed E-state index contributed by atoms with van der Waals surface area (Å²) in [5, 5.41) is 70.1. The molecule has 27 heteroatoms. The molecule has 78 heavy (non-hydrogen) atoms. The van der Waals surface area contributed by atoms with E-state index >= 15 is 0 Å². The number of hydrogen-bond donors (Lipinski definition) is 13. The summed E-state index contributed by atoms with van der Waals surface area (Å²) < 4.78 is 5.36. The molecule has 1 aromatic heterocycles. The molecule has 5 rings (SSSR count). The number of amides is 8. The average Bonchev–Trinajstić information content (AvgIpc) is 4.02. The van der Waals surface area contributed by atoms with E-state index in [0.717, 1.165) is 22.7 Å². The van der Waals surface area contributed by atoms with Gasteiger partial charge >= 0.3 is 5.97 Å². The summed E-state index contributed by atoms with van der Waals surface area (Å²) in [4.78, 5) is 152. The number of carboxylic acid groups (broad SMARTS) is 1. The van der Waals surface area contributed by atoms with Gasteiger partial charge in [0.15, 0.2) is 5.78 Å². The number of carboxylic acids is 1. The molecule has 8 amide bonds. The van der Waals surface area contributed by atoms with Gasteiger partial charge in [0, 0.05) is 92.4 Å². The molecular formula is C51H71N9O17S. The van der Waals surface area contributed by atoms with Crippen LogP contribution in [0.25, 0.3) is 10.9 Å². The molecule has 2 bridgehead atoms. The topological polar surface area (TPSA) is 401 Å². The lowest BCUT2D eigenvalue weighted by Gasteiger charge is -2.31. The average molecular weight is 1110 g/mol. The number of aromatic amines is 1. The van der Waals surface area contributed by atoms with E-state index in [1.54, 1.807) is 18.2 Å². The van der Waals surface area contributed by atoms with Crippen LogP contribution in [0.15, 0.2) is 34.9 Å². The van der Waals surface area contributed by atoms with Gasteiger partial charge in [0.1, 0.15) is 36.0 Å². The van der Waals surface area contributed by atoms with Crippen LogP contribution in [0.2, 0.25) is 0 Å². The summed E-state index contributed by atoms with van der Waals surface area (Å²) in [6.07, 6.45) is -3.09. The normalized spacial score (nSPS) is 25.3. The van der Waals surface area contributed by atoms with Crippen molar-refractivity contribution in [3.63, 3.8) is 0 Å². The second-order valence-corrected chi connectivity index (χ2v) is 21.2.